The Labute approximate surface area is 164 Å². The number of hydrogen-bond acceptors (Lipinski definition) is 7. The number of benzene rings is 1. The molecule has 2 atom stereocenters. The van der Waals surface area contributed by atoms with Gasteiger partial charge in [-0.05, 0) is 43.0 Å². The molecule has 0 radical (unpaired) electrons. The quantitative estimate of drug-likeness (QED) is 0.612. The number of nitrogens with one attached hydrogen (secondary N) is 2. The van der Waals surface area contributed by atoms with E-state index < -0.39 is 27.9 Å². The summed E-state index contributed by atoms with van der Waals surface area (Å²) in [4.78, 5) is 26.2. The average Bonchev–Trinajstić information content (AvgIpc) is 3.38. The van der Waals surface area contributed by atoms with Crippen molar-refractivity contribution in [3.05, 3.63) is 56.4 Å². The summed E-state index contributed by atoms with van der Waals surface area (Å²) >= 11 is 0. The molecule has 2 unspecified atom stereocenters. The molecule has 0 spiro atoms. The number of H-pyrrole nitrogens is 1. The molecule has 0 amide bonds. The SMILES string of the molecule is O=c1[nH]c2cc(S(=O)(=O)NC3COCC3n3nc4c(cc3=O)CCC4)ccc2o1. The van der Waals surface area contributed by atoms with E-state index in [1.54, 1.807) is 6.07 Å². The van der Waals surface area contributed by atoms with Crippen molar-refractivity contribution >= 4 is 21.1 Å². The largest absolute Gasteiger partial charge is 0.417 e. The van der Waals surface area contributed by atoms with Crippen molar-refractivity contribution in [2.75, 3.05) is 13.2 Å². The fraction of sp³-hybridized carbons (Fsp3) is 0.389. The fourth-order valence-electron chi connectivity index (χ4n) is 3.92. The van der Waals surface area contributed by atoms with Crippen molar-refractivity contribution in [3.8, 4) is 0 Å². The molecule has 152 valence electrons. The van der Waals surface area contributed by atoms with Gasteiger partial charge in [0.15, 0.2) is 5.58 Å². The van der Waals surface area contributed by atoms with Crippen LogP contribution in [-0.2, 0) is 27.6 Å². The van der Waals surface area contributed by atoms with E-state index in [0.29, 0.717) is 0 Å². The highest BCUT2D eigenvalue weighted by Crippen LogP contribution is 2.23. The Morgan fingerprint density at radius 3 is 2.90 bits per heavy atom. The van der Waals surface area contributed by atoms with Crippen LogP contribution in [-0.4, -0.2) is 42.4 Å². The summed E-state index contributed by atoms with van der Waals surface area (Å²) in [6, 6.07) is 4.49. The molecule has 1 aliphatic carbocycles. The highest BCUT2D eigenvalue weighted by molar-refractivity contribution is 7.89. The van der Waals surface area contributed by atoms with Gasteiger partial charge in [-0.15, -0.1) is 0 Å². The number of hydrogen-bond donors (Lipinski definition) is 2. The molecule has 0 bridgehead atoms. The minimum atomic E-state index is -3.93. The Bertz CT molecular complexity index is 1320. The van der Waals surface area contributed by atoms with Gasteiger partial charge in [-0.3, -0.25) is 9.78 Å². The zero-order valence-electron chi connectivity index (χ0n) is 15.3. The van der Waals surface area contributed by atoms with Crippen LogP contribution in [0.5, 0.6) is 0 Å². The monoisotopic (exact) mass is 418 g/mol. The molecule has 3 heterocycles. The third-order valence-corrected chi connectivity index (χ3v) is 6.84. The van der Waals surface area contributed by atoms with Crippen LogP contribution in [0, 0.1) is 0 Å². The number of sulfonamides is 1. The minimum Gasteiger partial charge on any atom is -0.408 e. The highest BCUT2D eigenvalue weighted by atomic mass is 32.2. The lowest BCUT2D eigenvalue weighted by atomic mass is 10.2. The van der Waals surface area contributed by atoms with E-state index in [-0.39, 0.29) is 34.8 Å². The second kappa shape index (κ2) is 6.65. The average molecular weight is 418 g/mol. The van der Waals surface area contributed by atoms with E-state index in [1.165, 1.54) is 22.9 Å². The molecule has 2 aliphatic rings. The Hall–Kier alpha value is -2.76. The predicted octanol–water partition coefficient (Wildman–Crippen LogP) is 0.0849. The van der Waals surface area contributed by atoms with Gasteiger partial charge in [0.2, 0.25) is 10.0 Å². The number of oxazole rings is 1. The summed E-state index contributed by atoms with van der Waals surface area (Å²) in [5.74, 6) is -0.658. The van der Waals surface area contributed by atoms with Crippen molar-refractivity contribution in [1.29, 1.82) is 0 Å². The summed E-state index contributed by atoms with van der Waals surface area (Å²) < 4.78 is 40.1. The lowest BCUT2D eigenvalue weighted by Crippen LogP contribution is -2.44. The number of rotatable bonds is 4. The van der Waals surface area contributed by atoms with E-state index in [2.05, 4.69) is 14.8 Å². The van der Waals surface area contributed by atoms with Crippen molar-refractivity contribution in [2.24, 2.45) is 0 Å². The molecule has 29 heavy (non-hydrogen) atoms. The van der Waals surface area contributed by atoms with Crippen LogP contribution >= 0.6 is 0 Å². The summed E-state index contributed by atoms with van der Waals surface area (Å²) in [6.07, 6.45) is 2.61. The van der Waals surface area contributed by atoms with Crippen LogP contribution < -0.4 is 16.0 Å². The van der Waals surface area contributed by atoms with Crippen LogP contribution in [0.4, 0.5) is 0 Å². The van der Waals surface area contributed by atoms with Crippen LogP contribution in [0.25, 0.3) is 11.1 Å². The topological polar surface area (TPSA) is 136 Å². The predicted molar refractivity (Wildman–Crippen MR) is 101 cm³/mol. The van der Waals surface area contributed by atoms with Crippen LogP contribution in [0.3, 0.4) is 0 Å². The molecule has 1 aliphatic heterocycles. The lowest BCUT2D eigenvalue weighted by Gasteiger charge is -2.20. The number of aryl methyl sites for hydroxylation is 2. The van der Waals surface area contributed by atoms with Gasteiger partial charge in [-0.2, -0.15) is 5.10 Å². The maximum absolute atomic E-state index is 12.9. The van der Waals surface area contributed by atoms with Gasteiger partial charge >= 0.3 is 5.76 Å². The van der Waals surface area contributed by atoms with Gasteiger partial charge in [-0.25, -0.2) is 22.6 Å². The number of fused-ring (bicyclic) bond motifs is 2. The van der Waals surface area contributed by atoms with Gasteiger partial charge in [0.25, 0.3) is 5.56 Å². The molecule has 5 rings (SSSR count). The minimum absolute atomic E-state index is 0.0260. The third kappa shape index (κ3) is 3.20. The molecule has 1 saturated heterocycles. The van der Waals surface area contributed by atoms with Crippen molar-refractivity contribution < 1.29 is 17.6 Å². The summed E-state index contributed by atoms with van der Waals surface area (Å²) in [5, 5.41) is 4.47. The Kier molecular flexibility index (Phi) is 4.19. The molecule has 0 saturated carbocycles. The number of aromatic nitrogens is 3. The van der Waals surface area contributed by atoms with Crippen molar-refractivity contribution in [3.63, 3.8) is 0 Å². The number of ether oxygens (including phenoxy) is 1. The molecule has 10 nitrogen and oxygen atoms in total. The molecule has 11 heteroatoms. The molecule has 1 fully saturated rings. The normalized spacial score (nSPS) is 21.7. The maximum atomic E-state index is 12.9. The first-order valence-electron chi connectivity index (χ1n) is 9.25. The molecular weight excluding hydrogens is 400 g/mol. The second-order valence-corrected chi connectivity index (χ2v) is 8.97. The third-order valence-electron chi connectivity index (χ3n) is 5.35. The van der Waals surface area contributed by atoms with E-state index in [0.717, 1.165) is 30.5 Å². The highest BCUT2D eigenvalue weighted by Gasteiger charge is 2.35. The van der Waals surface area contributed by atoms with E-state index in [4.69, 9.17) is 9.15 Å². The molecule has 2 aromatic heterocycles. The van der Waals surface area contributed by atoms with Gasteiger partial charge in [-0.1, -0.05) is 0 Å². The first-order valence-corrected chi connectivity index (χ1v) is 10.7. The van der Waals surface area contributed by atoms with Crippen LogP contribution in [0.2, 0.25) is 0 Å². The van der Waals surface area contributed by atoms with E-state index >= 15 is 0 Å². The molecular formula is C18H18N4O6S. The van der Waals surface area contributed by atoms with Gasteiger partial charge in [0, 0.05) is 6.07 Å². The first kappa shape index (κ1) is 18.3. The maximum Gasteiger partial charge on any atom is 0.417 e. The van der Waals surface area contributed by atoms with Crippen molar-refractivity contribution in [1.82, 2.24) is 19.5 Å². The number of aromatic amines is 1. The van der Waals surface area contributed by atoms with Gasteiger partial charge in [0.05, 0.1) is 41.4 Å². The zero-order chi connectivity index (χ0) is 20.2. The van der Waals surface area contributed by atoms with E-state index in [1.807, 2.05) is 0 Å². The molecule has 2 N–H and O–H groups in total. The van der Waals surface area contributed by atoms with Crippen LogP contribution in [0.15, 0.2) is 43.2 Å². The zero-order valence-corrected chi connectivity index (χ0v) is 16.1. The fourth-order valence-corrected chi connectivity index (χ4v) is 5.20. The summed E-state index contributed by atoms with van der Waals surface area (Å²) in [5.41, 5.74) is 2.14. The van der Waals surface area contributed by atoms with Crippen molar-refractivity contribution in [2.45, 2.75) is 36.2 Å². The lowest BCUT2D eigenvalue weighted by molar-refractivity contribution is 0.181. The van der Waals surface area contributed by atoms with Gasteiger partial charge in [0.1, 0.15) is 0 Å². The molecule has 3 aromatic rings. The van der Waals surface area contributed by atoms with Crippen LogP contribution in [0.1, 0.15) is 23.7 Å². The van der Waals surface area contributed by atoms with Gasteiger partial charge < -0.3 is 9.15 Å². The summed E-state index contributed by atoms with van der Waals surface area (Å²) in [6.45, 7) is 0.312. The molecule has 1 aromatic carbocycles. The first-order chi connectivity index (χ1) is 13.9. The smallest absolute Gasteiger partial charge is 0.408 e. The van der Waals surface area contributed by atoms with E-state index in [9.17, 15) is 18.0 Å². The second-order valence-electron chi connectivity index (χ2n) is 7.26. The summed E-state index contributed by atoms with van der Waals surface area (Å²) in [7, 11) is -3.93. The standard InChI is InChI=1S/C18H18N4O6S/c23-17-6-10-2-1-3-12(10)20-22(17)15-9-27-8-14(15)21-29(25,26)11-4-5-16-13(7-11)19-18(24)28-16/h4-7,14-15,21H,1-3,8-9H2,(H,19,24). The Balaban J connectivity index is 1.45. The Morgan fingerprint density at radius 1 is 1.17 bits per heavy atom. The number of nitrogens with zero attached hydrogens (tertiary/aromatic N) is 2. The Morgan fingerprint density at radius 2 is 2.03 bits per heavy atom.